The Balaban J connectivity index is 1.42. The highest BCUT2D eigenvalue weighted by molar-refractivity contribution is 6.45. The minimum atomic E-state index is -0.234. The van der Waals surface area contributed by atoms with E-state index in [4.69, 9.17) is 0 Å². The molecule has 5 rings (SSSR count). The monoisotopic (exact) mass is 450 g/mol. The van der Waals surface area contributed by atoms with Crippen molar-refractivity contribution in [3.8, 4) is 0 Å². The molecule has 0 bridgehead atoms. The molecule has 0 aliphatic carbocycles. The third-order valence-corrected chi connectivity index (χ3v) is 7.02. The Bertz CT molecular complexity index is 1190. The molecule has 1 fully saturated rings. The molecular formula is C30H30N2O2. The van der Waals surface area contributed by atoms with Gasteiger partial charge in [0.05, 0.1) is 11.3 Å². The molecule has 0 atom stereocenters. The summed E-state index contributed by atoms with van der Waals surface area (Å²) < 4.78 is 0. The van der Waals surface area contributed by atoms with Crippen molar-refractivity contribution in [1.29, 1.82) is 0 Å². The second-order valence-electron chi connectivity index (χ2n) is 9.18. The lowest BCUT2D eigenvalue weighted by Crippen LogP contribution is -2.39. The number of anilines is 1. The highest BCUT2D eigenvalue weighted by Crippen LogP contribution is 2.36. The predicted octanol–water partition coefficient (Wildman–Crippen LogP) is 5.49. The third kappa shape index (κ3) is 4.28. The van der Waals surface area contributed by atoms with Gasteiger partial charge in [0.25, 0.3) is 11.8 Å². The largest absolute Gasteiger partial charge is 0.366 e. The summed E-state index contributed by atoms with van der Waals surface area (Å²) in [5.74, 6) is 0.140. The first-order valence-electron chi connectivity index (χ1n) is 12.2. The molecule has 0 unspecified atom stereocenters. The van der Waals surface area contributed by atoms with E-state index in [-0.39, 0.29) is 11.8 Å². The molecule has 0 saturated carbocycles. The van der Waals surface area contributed by atoms with E-state index >= 15 is 0 Å². The molecule has 2 aliphatic heterocycles. The number of carbonyl (C=O) groups is 2. The summed E-state index contributed by atoms with van der Waals surface area (Å²) in [6, 6.07) is 28.0. The van der Waals surface area contributed by atoms with E-state index in [9.17, 15) is 9.59 Å². The van der Waals surface area contributed by atoms with Crippen LogP contribution in [0.1, 0.15) is 36.5 Å². The van der Waals surface area contributed by atoms with Crippen molar-refractivity contribution in [3.05, 3.63) is 107 Å². The van der Waals surface area contributed by atoms with Gasteiger partial charge in [-0.2, -0.15) is 0 Å². The average molecular weight is 451 g/mol. The first kappa shape index (κ1) is 22.1. The van der Waals surface area contributed by atoms with Crippen molar-refractivity contribution in [1.82, 2.24) is 4.90 Å². The molecular weight excluding hydrogens is 420 g/mol. The number of hydrogen-bond acceptors (Lipinski definition) is 3. The second kappa shape index (κ2) is 9.68. The Morgan fingerprint density at radius 3 is 1.97 bits per heavy atom. The number of nitrogens with zero attached hydrogens (tertiary/aromatic N) is 2. The fourth-order valence-corrected chi connectivity index (χ4v) is 5.10. The zero-order valence-electron chi connectivity index (χ0n) is 19.6. The number of likely N-dealkylation sites (tertiary alicyclic amines) is 1. The SMILES string of the molecule is CCc1ccc(N2C(=O)C(c3ccccc3)=C(N3CCC(Cc4ccccc4)CC3)C2=O)cc1. The van der Waals surface area contributed by atoms with Gasteiger partial charge in [0.1, 0.15) is 5.70 Å². The van der Waals surface area contributed by atoms with Gasteiger partial charge in [-0.15, -0.1) is 0 Å². The molecule has 1 saturated heterocycles. The summed E-state index contributed by atoms with van der Waals surface area (Å²) in [5.41, 5.74) is 5.05. The summed E-state index contributed by atoms with van der Waals surface area (Å²) in [6.07, 6.45) is 3.99. The van der Waals surface area contributed by atoms with Crippen LogP contribution in [0.4, 0.5) is 5.69 Å². The van der Waals surface area contributed by atoms with Crippen molar-refractivity contribution in [2.45, 2.75) is 32.6 Å². The van der Waals surface area contributed by atoms with Crippen LogP contribution in [-0.4, -0.2) is 29.8 Å². The highest BCUT2D eigenvalue weighted by Gasteiger charge is 2.43. The molecule has 3 aromatic carbocycles. The molecule has 4 nitrogen and oxygen atoms in total. The Morgan fingerprint density at radius 2 is 1.35 bits per heavy atom. The molecule has 0 spiro atoms. The molecule has 2 heterocycles. The van der Waals surface area contributed by atoms with Crippen LogP contribution in [0.5, 0.6) is 0 Å². The van der Waals surface area contributed by atoms with E-state index in [1.54, 1.807) is 0 Å². The molecule has 0 N–H and O–H groups in total. The van der Waals surface area contributed by atoms with E-state index in [2.05, 4.69) is 36.1 Å². The molecule has 3 aromatic rings. The van der Waals surface area contributed by atoms with Gasteiger partial charge < -0.3 is 4.90 Å². The van der Waals surface area contributed by atoms with Crippen molar-refractivity contribution >= 4 is 23.1 Å². The van der Waals surface area contributed by atoms with Crippen molar-refractivity contribution in [2.24, 2.45) is 5.92 Å². The molecule has 2 amide bonds. The van der Waals surface area contributed by atoms with Gasteiger partial charge >= 0.3 is 0 Å². The standard InChI is InChI=1S/C30H30N2O2/c1-2-22-13-15-26(16-14-22)32-29(33)27(25-11-7-4-8-12-25)28(30(32)34)31-19-17-24(18-20-31)21-23-9-5-3-6-10-23/h3-16,24H,2,17-21H2,1H3. The number of benzene rings is 3. The second-order valence-corrected chi connectivity index (χ2v) is 9.18. The number of hydrogen-bond donors (Lipinski definition) is 0. The van der Waals surface area contributed by atoms with Gasteiger partial charge in [-0.1, -0.05) is 79.7 Å². The number of carbonyl (C=O) groups excluding carboxylic acids is 2. The molecule has 172 valence electrons. The van der Waals surface area contributed by atoms with Crippen LogP contribution in [0.2, 0.25) is 0 Å². The van der Waals surface area contributed by atoms with Crippen molar-refractivity contribution in [3.63, 3.8) is 0 Å². The maximum Gasteiger partial charge on any atom is 0.282 e. The van der Waals surface area contributed by atoms with Gasteiger partial charge in [0.15, 0.2) is 0 Å². The summed E-state index contributed by atoms with van der Waals surface area (Å²) in [5, 5.41) is 0. The van der Waals surface area contributed by atoms with Crippen LogP contribution in [0.15, 0.2) is 90.6 Å². The van der Waals surface area contributed by atoms with Crippen LogP contribution in [0, 0.1) is 5.92 Å². The Kier molecular flexibility index (Phi) is 6.31. The van der Waals surface area contributed by atoms with Crippen LogP contribution >= 0.6 is 0 Å². The normalized spacial score (nSPS) is 17.1. The topological polar surface area (TPSA) is 40.6 Å². The smallest absolute Gasteiger partial charge is 0.282 e. The summed E-state index contributed by atoms with van der Waals surface area (Å²) in [7, 11) is 0. The quantitative estimate of drug-likeness (QED) is 0.467. The maximum absolute atomic E-state index is 13.7. The predicted molar refractivity (Wildman–Crippen MR) is 136 cm³/mol. The Morgan fingerprint density at radius 1 is 0.735 bits per heavy atom. The lowest BCUT2D eigenvalue weighted by molar-refractivity contribution is -0.120. The fraction of sp³-hybridized carbons (Fsp3) is 0.267. The van der Waals surface area contributed by atoms with Crippen LogP contribution < -0.4 is 4.90 Å². The first-order chi connectivity index (χ1) is 16.7. The molecule has 0 radical (unpaired) electrons. The van der Waals surface area contributed by atoms with E-state index in [1.807, 2.05) is 60.7 Å². The highest BCUT2D eigenvalue weighted by atomic mass is 16.2. The van der Waals surface area contributed by atoms with Crippen molar-refractivity contribution in [2.75, 3.05) is 18.0 Å². The number of aryl methyl sites for hydroxylation is 1. The zero-order valence-corrected chi connectivity index (χ0v) is 19.6. The lowest BCUT2D eigenvalue weighted by atomic mass is 9.89. The van der Waals surface area contributed by atoms with E-state index in [0.717, 1.165) is 44.3 Å². The number of amides is 2. The van der Waals surface area contributed by atoms with Gasteiger partial charge in [-0.05, 0) is 60.4 Å². The summed E-state index contributed by atoms with van der Waals surface area (Å²) >= 11 is 0. The maximum atomic E-state index is 13.7. The van der Waals surface area contributed by atoms with E-state index in [0.29, 0.717) is 22.9 Å². The van der Waals surface area contributed by atoms with Gasteiger partial charge in [-0.25, -0.2) is 4.90 Å². The zero-order chi connectivity index (χ0) is 23.5. The number of rotatable bonds is 6. The Hall–Kier alpha value is -3.66. The summed E-state index contributed by atoms with van der Waals surface area (Å²) in [6.45, 7) is 3.66. The minimum Gasteiger partial charge on any atom is -0.366 e. The summed E-state index contributed by atoms with van der Waals surface area (Å²) in [4.78, 5) is 30.9. The van der Waals surface area contributed by atoms with Crippen LogP contribution in [0.25, 0.3) is 5.57 Å². The van der Waals surface area contributed by atoms with Crippen molar-refractivity contribution < 1.29 is 9.59 Å². The first-order valence-corrected chi connectivity index (χ1v) is 12.2. The average Bonchev–Trinajstić information content (AvgIpc) is 3.15. The van der Waals surface area contributed by atoms with E-state index < -0.39 is 0 Å². The van der Waals surface area contributed by atoms with E-state index in [1.165, 1.54) is 16.0 Å². The minimum absolute atomic E-state index is 0.213. The third-order valence-electron chi connectivity index (χ3n) is 7.02. The van der Waals surface area contributed by atoms with Gasteiger partial charge in [-0.3, -0.25) is 9.59 Å². The molecule has 4 heteroatoms. The molecule has 0 aromatic heterocycles. The van der Waals surface area contributed by atoms with Gasteiger partial charge in [0.2, 0.25) is 0 Å². The number of piperidine rings is 1. The van der Waals surface area contributed by atoms with Crippen LogP contribution in [0.3, 0.4) is 0 Å². The Labute approximate surface area is 201 Å². The molecule has 34 heavy (non-hydrogen) atoms. The lowest BCUT2D eigenvalue weighted by Gasteiger charge is -2.34. The van der Waals surface area contributed by atoms with Crippen LogP contribution in [-0.2, 0) is 22.4 Å². The van der Waals surface area contributed by atoms with Gasteiger partial charge in [0, 0.05) is 13.1 Å². The fourth-order valence-electron chi connectivity index (χ4n) is 5.10. The molecule has 2 aliphatic rings. The number of imide groups is 1.